The standard InChI is InChI=1S/C7H12N2/c1-4-6-8-9(3)7-5-2/h4-7H,1H2,2-3H3/b7-5-,8-6+. The highest BCUT2D eigenvalue weighted by Gasteiger charge is 1.75. The van der Waals surface area contributed by atoms with Gasteiger partial charge in [0, 0.05) is 19.5 Å². The van der Waals surface area contributed by atoms with Crippen LogP contribution in [-0.2, 0) is 0 Å². The second kappa shape index (κ2) is 5.09. The van der Waals surface area contributed by atoms with E-state index in [0.717, 1.165) is 0 Å². The summed E-state index contributed by atoms with van der Waals surface area (Å²) in [7, 11) is 1.86. The number of rotatable bonds is 3. The van der Waals surface area contributed by atoms with Crippen LogP contribution in [0.2, 0.25) is 0 Å². The van der Waals surface area contributed by atoms with Gasteiger partial charge in [-0.15, -0.1) is 0 Å². The summed E-state index contributed by atoms with van der Waals surface area (Å²) in [4.78, 5) is 0. The average molecular weight is 124 g/mol. The zero-order valence-electron chi connectivity index (χ0n) is 5.91. The molecule has 9 heavy (non-hydrogen) atoms. The topological polar surface area (TPSA) is 15.6 Å². The Morgan fingerprint density at radius 3 is 2.67 bits per heavy atom. The van der Waals surface area contributed by atoms with Gasteiger partial charge in [0.1, 0.15) is 0 Å². The highest BCUT2D eigenvalue weighted by Crippen LogP contribution is 1.82. The minimum atomic E-state index is 1.64. The van der Waals surface area contributed by atoms with E-state index in [4.69, 9.17) is 0 Å². The summed E-state index contributed by atoms with van der Waals surface area (Å²) in [6.07, 6.45) is 7.06. The van der Waals surface area contributed by atoms with Crippen LogP contribution < -0.4 is 0 Å². The highest BCUT2D eigenvalue weighted by molar-refractivity contribution is 5.69. The van der Waals surface area contributed by atoms with Crippen LogP contribution in [0.15, 0.2) is 30.0 Å². The van der Waals surface area contributed by atoms with Gasteiger partial charge in [0.05, 0.1) is 0 Å². The van der Waals surface area contributed by atoms with E-state index in [9.17, 15) is 0 Å². The molecule has 0 spiro atoms. The maximum absolute atomic E-state index is 3.94. The summed E-state index contributed by atoms with van der Waals surface area (Å²) >= 11 is 0. The van der Waals surface area contributed by atoms with E-state index in [1.165, 1.54) is 0 Å². The van der Waals surface area contributed by atoms with Gasteiger partial charge in [-0.25, -0.2) is 0 Å². The number of hydrogen-bond donors (Lipinski definition) is 0. The van der Waals surface area contributed by atoms with Gasteiger partial charge in [-0.05, 0) is 13.0 Å². The van der Waals surface area contributed by atoms with Gasteiger partial charge >= 0.3 is 0 Å². The number of allylic oxidation sites excluding steroid dienone is 2. The van der Waals surface area contributed by atoms with Crippen molar-refractivity contribution < 1.29 is 0 Å². The molecule has 0 bridgehead atoms. The fourth-order valence-electron chi connectivity index (χ4n) is 0.407. The van der Waals surface area contributed by atoms with Gasteiger partial charge in [-0.1, -0.05) is 12.7 Å². The van der Waals surface area contributed by atoms with Gasteiger partial charge in [0.2, 0.25) is 0 Å². The predicted octanol–water partition coefficient (Wildman–Crippen LogP) is 1.62. The van der Waals surface area contributed by atoms with E-state index in [2.05, 4.69) is 11.7 Å². The lowest BCUT2D eigenvalue weighted by atomic mass is 10.7. The van der Waals surface area contributed by atoms with E-state index in [0.29, 0.717) is 0 Å². The maximum Gasteiger partial charge on any atom is 0.0468 e. The van der Waals surface area contributed by atoms with Crippen molar-refractivity contribution in [1.29, 1.82) is 0 Å². The van der Waals surface area contributed by atoms with Crippen LogP contribution in [0.5, 0.6) is 0 Å². The van der Waals surface area contributed by atoms with E-state index < -0.39 is 0 Å². The van der Waals surface area contributed by atoms with E-state index >= 15 is 0 Å². The van der Waals surface area contributed by atoms with E-state index in [1.54, 1.807) is 17.3 Å². The van der Waals surface area contributed by atoms with Crippen LogP contribution >= 0.6 is 0 Å². The Labute approximate surface area is 56.2 Å². The van der Waals surface area contributed by atoms with E-state index in [-0.39, 0.29) is 0 Å². The monoisotopic (exact) mass is 124 g/mol. The Morgan fingerprint density at radius 2 is 2.22 bits per heavy atom. The molecule has 2 heteroatoms. The Balaban J connectivity index is 3.61. The summed E-state index contributed by atoms with van der Waals surface area (Å²) in [5, 5.41) is 5.65. The first-order valence-corrected chi connectivity index (χ1v) is 2.82. The van der Waals surface area contributed by atoms with Crippen LogP contribution in [-0.4, -0.2) is 18.3 Å². The quantitative estimate of drug-likeness (QED) is 0.412. The zero-order valence-corrected chi connectivity index (χ0v) is 5.91. The molecule has 0 aliphatic heterocycles. The third-order valence-electron chi connectivity index (χ3n) is 0.719. The molecular formula is C7H12N2. The molecule has 0 N–H and O–H groups in total. The Kier molecular flexibility index (Phi) is 4.50. The lowest BCUT2D eigenvalue weighted by molar-refractivity contribution is 0.493. The summed E-state index contributed by atoms with van der Waals surface area (Å²) in [5.41, 5.74) is 0. The van der Waals surface area contributed by atoms with Crippen molar-refractivity contribution in [2.45, 2.75) is 6.92 Å². The van der Waals surface area contributed by atoms with Crippen molar-refractivity contribution in [3.05, 3.63) is 24.9 Å². The molecule has 0 atom stereocenters. The lowest BCUT2D eigenvalue weighted by Gasteiger charge is -2.02. The number of nitrogens with zero attached hydrogens (tertiary/aromatic N) is 2. The van der Waals surface area contributed by atoms with Gasteiger partial charge < -0.3 is 0 Å². The number of hydrogen-bond acceptors (Lipinski definition) is 2. The van der Waals surface area contributed by atoms with Crippen LogP contribution in [0.25, 0.3) is 0 Å². The van der Waals surface area contributed by atoms with Gasteiger partial charge in [-0.2, -0.15) is 5.10 Å². The molecule has 0 unspecified atom stereocenters. The Morgan fingerprint density at radius 1 is 1.56 bits per heavy atom. The molecule has 0 radical (unpaired) electrons. The Hall–Kier alpha value is -1.05. The highest BCUT2D eigenvalue weighted by atomic mass is 15.4. The van der Waals surface area contributed by atoms with Crippen molar-refractivity contribution >= 4 is 6.21 Å². The SMILES string of the molecule is C=C/C=N/N(C)/C=C\C. The molecule has 50 valence electrons. The summed E-state index contributed by atoms with van der Waals surface area (Å²) in [6, 6.07) is 0. The largest absolute Gasteiger partial charge is 0.276 e. The zero-order chi connectivity index (χ0) is 7.11. The second-order valence-electron chi connectivity index (χ2n) is 1.56. The summed E-state index contributed by atoms with van der Waals surface area (Å²) in [6.45, 7) is 5.44. The molecule has 0 aliphatic rings. The fraction of sp³-hybridized carbons (Fsp3) is 0.286. The molecule has 0 aromatic heterocycles. The molecule has 0 amide bonds. The minimum absolute atomic E-state index is 1.64. The third kappa shape index (κ3) is 4.81. The molecule has 0 aromatic carbocycles. The molecule has 0 heterocycles. The van der Waals surface area contributed by atoms with Crippen LogP contribution in [0.4, 0.5) is 0 Å². The summed E-state index contributed by atoms with van der Waals surface area (Å²) in [5.74, 6) is 0. The summed E-state index contributed by atoms with van der Waals surface area (Å²) < 4.78 is 0. The van der Waals surface area contributed by atoms with E-state index in [1.807, 2.05) is 26.2 Å². The van der Waals surface area contributed by atoms with Crippen molar-refractivity contribution in [3.63, 3.8) is 0 Å². The first kappa shape index (κ1) is 7.95. The minimum Gasteiger partial charge on any atom is -0.276 e. The first-order chi connectivity index (χ1) is 4.31. The average Bonchev–Trinajstić information content (AvgIpc) is 1.85. The molecule has 0 aromatic rings. The lowest BCUT2D eigenvalue weighted by Crippen LogP contribution is -1.99. The van der Waals surface area contributed by atoms with Gasteiger partial charge in [0.15, 0.2) is 0 Å². The normalized spacial score (nSPS) is 10.9. The molecule has 0 rings (SSSR count). The predicted molar refractivity (Wildman–Crippen MR) is 41.3 cm³/mol. The molecule has 0 aliphatic carbocycles. The van der Waals surface area contributed by atoms with Crippen molar-refractivity contribution in [1.82, 2.24) is 5.01 Å². The fourth-order valence-corrected chi connectivity index (χ4v) is 0.407. The van der Waals surface area contributed by atoms with Crippen molar-refractivity contribution in [2.75, 3.05) is 7.05 Å². The molecule has 2 nitrogen and oxygen atoms in total. The van der Waals surface area contributed by atoms with Gasteiger partial charge in [-0.3, -0.25) is 5.01 Å². The smallest absolute Gasteiger partial charge is 0.0468 e. The van der Waals surface area contributed by atoms with Crippen molar-refractivity contribution in [2.24, 2.45) is 5.10 Å². The molecular weight excluding hydrogens is 112 g/mol. The third-order valence-corrected chi connectivity index (χ3v) is 0.719. The molecule has 0 fully saturated rings. The van der Waals surface area contributed by atoms with Crippen LogP contribution in [0.1, 0.15) is 6.92 Å². The molecule has 0 saturated heterocycles. The Bertz CT molecular complexity index is 125. The van der Waals surface area contributed by atoms with Crippen LogP contribution in [0.3, 0.4) is 0 Å². The number of hydrazone groups is 1. The first-order valence-electron chi connectivity index (χ1n) is 2.82. The van der Waals surface area contributed by atoms with Gasteiger partial charge in [0.25, 0.3) is 0 Å². The van der Waals surface area contributed by atoms with Crippen LogP contribution in [0, 0.1) is 0 Å². The van der Waals surface area contributed by atoms with Crippen molar-refractivity contribution in [3.8, 4) is 0 Å². The maximum atomic E-state index is 3.94. The second-order valence-corrected chi connectivity index (χ2v) is 1.56. The molecule has 0 saturated carbocycles.